The van der Waals surface area contributed by atoms with Gasteiger partial charge in [0.15, 0.2) is 0 Å². The number of halogens is 1. The van der Waals surface area contributed by atoms with E-state index in [4.69, 9.17) is 4.52 Å². The topological polar surface area (TPSA) is 71.3 Å². The lowest BCUT2D eigenvalue weighted by Crippen LogP contribution is -2.46. The van der Waals surface area contributed by atoms with Crippen molar-refractivity contribution in [1.29, 1.82) is 0 Å². The Bertz CT molecular complexity index is 1350. The molecule has 34 heavy (non-hydrogen) atoms. The van der Waals surface area contributed by atoms with Crippen LogP contribution in [0, 0.1) is 5.82 Å². The normalized spacial score (nSPS) is 16.0. The number of carbonyl (C=O) groups is 1. The van der Waals surface area contributed by atoms with Crippen LogP contribution < -0.4 is 10.2 Å². The predicted octanol–water partition coefficient (Wildman–Crippen LogP) is 6.14. The number of benzene rings is 3. The fourth-order valence-electron chi connectivity index (χ4n) is 4.15. The van der Waals surface area contributed by atoms with Crippen molar-refractivity contribution < 1.29 is 13.7 Å². The van der Waals surface area contributed by atoms with E-state index in [0.29, 0.717) is 28.5 Å². The number of allylic oxidation sites excluding steroid dienone is 1. The highest BCUT2D eigenvalue weighted by Crippen LogP contribution is 2.39. The van der Waals surface area contributed by atoms with Gasteiger partial charge in [-0.3, -0.25) is 4.90 Å². The van der Waals surface area contributed by atoms with E-state index in [2.05, 4.69) is 22.4 Å². The monoisotopic (exact) mass is 454 g/mol. The number of carbonyl (C=O) groups excluding carboxylic acids is 1. The number of rotatable bonds is 5. The average molecular weight is 455 g/mol. The van der Waals surface area contributed by atoms with Crippen molar-refractivity contribution in [3.8, 4) is 11.4 Å². The van der Waals surface area contributed by atoms with Crippen LogP contribution in [0.1, 0.15) is 36.9 Å². The van der Waals surface area contributed by atoms with Gasteiger partial charge in [0.05, 0.1) is 17.3 Å². The molecule has 7 heteroatoms. The zero-order valence-corrected chi connectivity index (χ0v) is 18.8. The van der Waals surface area contributed by atoms with E-state index >= 15 is 0 Å². The second kappa shape index (κ2) is 8.94. The van der Waals surface area contributed by atoms with Crippen LogP contribution in [0.2, 0.25) is 0 Å². The summed E-state index contributed by atoms with van der Waals surface area (Å²) < 4.78 is 19.3. The Kier molecular flexibility index (Phi) is 5.67. The van der Waals surface area contributed by atoms with Gasteiger partial charge < -0.3 is 9.84 Å². The van der Waals surface area contributed by atoms with Crippen LogP contribution in [0.15, 0.2) is 89.1 Å². The van der Waals surface area contributed by atoms with Crippen LogP contribution in [0.4, 0.5) is 14.9 Å². The summed E-state index contributed by atoms with van der Waals surface area (Å²) in [7, 11) is 0. The minimum absolute atomic E-state index is 0.289. The van der Waals surface area contributed by atoms with E-state index < -0.39 is 6.04 Å². The Hall–Kier alpha value is -4.26. The first-order valence-electron chi connectivity index (χ1n) is 11.1. The summed E-state index contributed by atoms with van der Waals surface area (Å²) >= 11 is 0. The van der Waals surface area contributed by atoms with Gasteiger partial charge in [0.25, 0.3) is 5.89 Å². The van der Waals surface area contributed by atoms with Crippen molar-refractivity contribution >= 4 is 17.3 Å². The molecule has 5 rings (SSSR count). The summed E-state index contributed by atoms with van der Waals surface area (Å²) in [4.78, 5) is 19.5. The second-order valence-corrected chi connectivity index (χ2v) is 8.08. The van der Waals surface area contributed by atoms with Gasteiger partial charge in [0.2, 0.25) is 5.82 Å². The van der Waals surface area contributed by atoms with E-state index in [1.165, 1.54) is 17.7 Å². The van der Waals surface area contributed by atoms with Crippen molar-refractivity contribution in [3.05, 3.63) is 107 Å². The molecule has 0 saturated heterocycles. The molecule has 2 heterocycles. The summed E-state index contributed by atoms with van der Waals surface area (Å²) in [6, 6.07) is 22.5. The molecule has 1 aliphatic rings. The predicted molar refractivity (Wildman–Crippen MR) is 128 cm³/mol. The SMILES string of the molecule is CCc1ccc(N2C(=O)NC(c3ccc(F)cc3)C(c3nc(-c4ccccc4)no3)=C2C)cc1. The molecule has 170 valence electrons. The van der Waals surface area contributed by atoms with Crippen molar-refractivity contribution in [2.75, 3.05) is 4.90 Å². The molecule has 1 aromatic heterocycles. The number of hydrogen-bond acceptors (Lipinski definition) is 4. The van der Waals surface area contributed by atoms with Crippen molar-refractivity contribution in [3.63, 3.8) is 0 Å². The Balaban J connectivity index is 1.64. The van der Waals surface area contributed by atoms with Crippen molar-refractivity contribution in [1.82, 2.24) is 15.5 Å². The fourth-order valence-corrected chi connectivity index (χ4v) is 4.15. The van der Waals surface area contributed by atoms with Gasteiger partial charge in [-0.25, -0.2) is 9.18 Å². The highest BCUT2D eigenvalue weighted by atomic mass is 19.1. The molecule has 1 atom stereocenters. The number of anilines is 1. The maximum absolute atomic E-state index is 13.6. The standard InChI is InChI=1S/C27H23FN4O2/c1-3-18-9-15-22(16-10-18)32-17(2)23(24(29-27(32)33)19-11-13-21(28)14-12-19)26-30-25(31-34-26)20-7-5-4-6-8-20/h4-16,24H,3H2,1-2H3,(H,29,33). The van der Waals surface area contributed by atoms with Gasteiger partial charge in [-0.1, -0.05) is 66.7 Å². The number of nitrogens with one attached hydrogen (secondary N) is 1. The maximum Gasteiger partial charge on any atom is 0.326 e. The average Bonchev–Trinajstić information content (AvgIpc) is 3.35. The summed E-state index contributed by atoms with van der Waals surface area (Å²) in [6.45, 7) is 3.93. The first-order valence-corrected chi connectivity index (χ1v) is 11.1. The summed E-state index contributed by atoms with van der Waals surface area (Å²) in [6.07, 6.45) is 0.906. The van der Waals surface area contributed by atoms with Gasteiger partial charge >= 0.3 is 6.03 Å². The lowest BCUT2D eigenvalue weighted by atomic mass is 9.94. The Labute approximate surface area is 196 Å². The molecular formula is C27H23FN4O2. The van der Waals surface area contributed by atoms with Crippen LogP contribution in [-0.2, 0) is 6.42 Å². The number of urea groups is 1. The van der Waals surface area contributed by atoms with E-state index in [-0.39, 0.29) is 11.8 Å². The van der Waals surface area contributed by atoms with Crippen LogP contribution in [-0.4, -0.2) is 16.2 Å². The first-order chi connectivity index (χ1) is 16.5. The molecule has 1 unspecified atom stereocenters. The van der Waals surface area contributed by atoms with Gasteiger partial charge in [-0.15, -0.1) is 0 Å². The van der Waals surface area contributed by atoms with E-state index in [1.54, 1.807) is 17.0 Å². The van der Waals surface area contributed by atoms with Crippen LogP contribution >= 0.6 is 0 Å². The quantitative estimate of drug-likeness (QED) is 0.393. The van der Waals surface area contributed by atoms with Crippen LogP contribution in [0.25, 0.3) is 17.0 Å². The van der Waals surface area contributed by atoms with Crippen molar-refractivity contribution in [2.45, 2.75) is 26.3 Å². The molecule has 6 nitrogen and oxygen atoms in total. The van der Waals surface area contributed by atoms with Gasteiger partial charge in [-0.2, -0.15) is 4.98 Å². The smallest absolute Gasteiger partial charge is 0.326 e. The van der Waals surface area contributed by atoms with Gasteiger partial charge in [0, 0.05) is 11.3 Å². The zero-order valence-electron chi connectivity index (χ0n) is 18.8. The molecule has 2 amide bonds. The highest BCUT2D eigenvalue weighted by Gasteiger charge is 2.36. The minimum atomic E-state index is -0.580. The van der Waals surface area contributed by atoms with Gasteiger partial charge in [-0.05, 0) is 48.7 Å². The third kappa shape index (κ3) is 3.96. The minimum Gasteiger partial charge on any atom is -0.334 e. The molecule has 1 aliphatic heterocycles. The first kappa shape index (κ1) is 21.6. The van der Waals surface area contributed by atoms with E-state index in [1.807, 2.05) is 61.5 Å². The maximum atomic E-state index is 13.6. The molecule has 4 aromatic rings. The Morgan fingerprint density at radius 2 is 1.71 bits per heavy atom. The molecule has 0 bridgehead atoms. The molecule has 0 saturated carbocycles. The molecule has 0 spiro atoms. The Morgan fingerprint density at radius 3 is 2.38 bits per heavy atom. The fraction of sp³-hybridized carbons (Fsp3) is 0.148. The number of hydrogen-bond donors (Lipinski definition) is 1. The molecule has 0 aliphatic carbocycles. The number of aromatic nitrogens is 2. The number of amides is 2. The molecular weight excluding hydrogens is 431 g/mol. The van der Waals surface area contributed by atoms with E-state index in [9.17, 15) is 9.18 Å². The largest absolute Gasteiger partial charge is 0.334 e. The third-order valence-electron chi connectivity index (χ3n) is 5.98. The third-order valence-corrected chi connectivity index (χ3v) is 5.98. The second-order valence-electron chi connectivity index (χ2n) is 8.08. The van der Waals surface area contributed by atoms with Crippen molar-refractivity contribution in [2.24, 2.45) is 0 Å². The molecule has 0 fully saturated rings. The number of nitrogens with zero attached hydrogens (tertiary/aromatic N) is 3. The van der Waals surface area contributed by atoms with Crippen LogP contribution in [0.3, 0.4) is 0 Å². The summed E-state index contributed by atoms with van der Waals surface area (Å²) in [5, 5.41) is 7.20. The Morgan fingerprint density at radius 1 is 1.00 bits per heavy atom. The molecule has 0 radical (unpaired) electrons. The van der Waals surface area contributed by atoms with Gasteiger partial charge in [0.1, 0.15) is 5.82 Å². The zero-order chi connectivity index (χ0) is 23.7. The van der Waals surface area contributed by atoms with Crippen LogP contribution in [0.5, 0.6) is 0 Å². The molecule has 3 aromatic carbocycles. The number of aryl methyl sites for hydroxylation is 1. The lowest BCUT2D eigenvalue weighted by Gasteiger charge is -2.35. The summed E-state index contributed by atoms with van der Waals surface area (Å²) in [5.74, 6) is 0.389. The highest BCUT2D eigenvalue weighted by molar-refractivity contribution is 6.01. The summed E-state index contributed by atoms with van der Waals surface area (Å²) in [5.41, 5.74) is 4.75. The molecule has 1 N–H and O–H groups in total. The lowest BCUT2D eigenvalue weighted by molar-refractivity contribution is 0.244. The van der Waals surface area contributed by atoms with E-state index in [0.717, 1.165) is 17.7 Å².